The van der Waals surface area contributed by atoms with Gasteiger partial charge in [0.25, 0.3) is 0 Å². The Hall–Kier alpha value is -3.19. The monoisotopic (exact) mass is 363 g/mol. The first-order valence-electron chi connectivity index (χ1n) is 8.89. The molecular weight excluding hydrogens is 342 g/mol. The number of fused-ring (bicyclic) bond motifs is 1. The molecule has 0 aliphatic rings. The average Bonchev–Trinajstić information content (AvgIpc) is 3.28. The van der Waals surface area contributed by atoms with Crippen molar-refractivity contribution >= 4 is 10.9 Å². The molecule has 7 heteroatoms. The molecule has 3 aromatic heterocycles. The highest BCUT2D eigenvalue weighted by Gasteiger charge is 2.14. The molecule has 0 saturated carbocycles. The lowest BCUT2D eigenvalue weighted by Crippen LogP contribution is -2.05. The van der Waals surface area contributed by atoms with Crippen molar-refractivity contribution in [2.75, 3.05) is 6.61 Å². The Balaban J connectivity index is 1.72. The molecule has 0 saturated heterocycles. The number of nitrogens with one attached hydrogen (secondary N) is 1. The summed E-state index contributed by atoms with van der Waals surface area (Å²) < 4.78 is 7.72. The summed E-state index contributed by atoms with van der Waals surface area (Å²) in [7, 11) is 0. The fourth-order valence-corrected chi connectivity index (χ4v) is 2.99. The second-order valence-corrected chi connectivity index (χ2v) is 6.57. The molecule has 0 amide bonds. The molecule has 1 aromatic carbocycles. The maximum Gasteiger partial charge on any atom is 0.181 e. The Kier molecular flexibility index (Phi) is 4.60. The smallest absolute Gasteiger partial charge is 0.181 e. The Morgan fingerprint density at radius 1 is 1.22 bits per heavy atom. The lowest BCUT2D eigenvalue weighted by molar-refractivity contribution is 0.243. The van der Waals surface area contributed by atoms with Crippen LogP contribution in [0.15, 0.2) is 48.9 Å². The van der Waals surface area contributed by atoms with Gasteiger partial charge >= 0.3 is 0 Å². The molecule has 138 valence electrons. The molecule has 0 radical (unpaired) electrons. The molecule has 0 unspecified atom stereocenters. The summed E-state index contributed by atoms with van der Waals surface area (Å²) in [5, 5.41) is 17.4. The number of aliphatic hydroxyl groups excluding tert-OH is 1. The van der Waals surface area contributed by atoms with Crippen molar-refractivity contribution in [2.45, 2.75) is 26.5 Å². The fourth-order valence-electron chi connectivity index (χ4n) is 2.99. The van der Waals surface area contributed by atoms with Crippen LogP contribution in [0.25, 0.3) is 33.7 Å². The van der Waals surface area contributed by atoms with Crippen LogP contribution in [0, 0.1) is 0 Å². The topological polar surface area (TPSA) is 88.8 Å². The molecule has 0 atom stereocenters. The van der Waals surface area contributed by atoms with Crippen LogP contribution in [0.3, 0.4) is 0 Å². The van der Waals surface area contributed by atoms with E-state index in [1.54, 1.807) is 6.20 Å². The molecule has 3 heterocycles. The molecule has 0 fully saturated rings. The van der Waals surface area contributed by atoms with Gasteiger partial charge in [0.05, 0.1) is 23.9 Å². The van der Waals surface area contributed by atoms with Crippen molar-refractivity contribution in [3.05, 3.63) is 48.9 Å². The number of nitrogens with zero attached hydrogens (tertiary/aromatic N) is 4. The summed E-state index contributed by atoms with van der Waals surface area (Å²) in [6, 6.07) is 9.67. The second-order valence-electron chi connectivity index (χ2n) is 6.57. The van der Waals surface area contributed by atoms with E-state index in [2.05, 4.69) is 20.2 Å². The van der Waals surface area contributed by atoms with Gasteiger partial charge in [0.1, 0.15) is 11.4 Å². The Bertz CT molecular complexity index is 1070. The van der Waals surface area contributed by atoms with Crippen LogP contribution in [-0.4, -0.2) is 42.5 Å². The molecule has 0 aliphatic carbocycles. The third-order valence-electron chi connectivity index (χ3n) is 4.18. The summed E-state index contributed by atoms with van der Waals surface area (Å²) in [6.45, 7) is 4.65. The van der Waals surface area contributed by atoms with Crippen molar-refractivity contribution < 1.29 is 9.84 Å². The van der Waals surface area contributed by atoms with Crippen molar-refractivity contribution in [3.63, 3.8) is 0 Å². The van der Waals surface area contributed by atoms with E-state index in [0.717, 1.165) is 27.9 Å². The molecule has 7 nitrogen and oxygen atoms in total. The van der Waals surface area contributed by atoms with Crippen molar-refractivity contribution in [3.8, 4) is 28.5 Å². The van der Waals surface area contributed by atoms with Gasteiger partial charge < -0.3 is 14.4 Å². The van der Waals surface area contributed by atoms with E-state index < -0.39 is 0 Å². The molecule has 0 spiro atoms. The number of hydrogen-bond donors (Lipinski definition) is 2. The number of aliphatic hydroxyl groups is 1. The van der Waals surface area contributed by atoms with Gasteiger partial charge in [-0.1, -0.05) is 0 Å². The second kappa shape index (κ2) is 7.20. The fraction of sp³-hybridized carbons (Fsp3) is 0.250. The number of ether oxygens (including phenoxy) is 1. The standard InChI is InChI=1S/C20H21N5O2/c1-13(2)27-15-3-4-18-16(11-15)19(24-23-18)20-21-7-5-17(22-20)14-6-8-25(12-14)9-10-26/h3-8,11-13,26H,9-10H2,1-2H3,(H,23,24). The van der Waals surface area contributed by atoms with Gasteiger partial charge in [0, 0.05) is 36.1 Å². The average molecular weight is 363 g/mol. The van der Waals surface area contributed by atoms with Gasteiger partial charge in [-0.3, -0.25) is 5.10 Å². The van der Waals surface area contributed by atoms with E-state index in [1.165, 1.54) is 0 Å². The third-order valence-corrected chi connectivity index (χ3v) is 4.18. The molecular formula is C20H21N5O2. The number of benzene rings is 1. The lowest BCUT2D eigenvalue weighted by Gasteiger charge is -2.09. The van der Waals surface area contributed by atoms with E-state index in [9.17, 15) is 0 Å². The first-order valence-corrected chi connectivity index (χ1v) is 8.89. The minimum atomic E-state index is 0.0975. The summed E-state index contributed by atoms with van der Waals surface area (Å²) in [4.78, 5) is 9.10. The van der Waals surface area contributed by atoms with Crippen molar-refractivity contribution in [1.29, 1.82) is 0 Å². The number of aromatic amines is 1. The van der Waals surface area contributed by atoms with E-state index in [0.29, 0.717) is 18.1 Å². The van der Waals surface area contributed by atoms with E-state index in [1.807, 2.05) is 61.1 Å². The van der Waals surface area contributed by atoms with Crippen molar-refractivity contribution in [1.82, 2.24) is 24.7 Å². The van der Waals surface area contributed by atoms with Gasteiger partial charge in [-0.05, 0) is 44.2 Å². The summed E-state index contributed by atoms with van der Waals surface area (Å²) in [5.74, 6) is 1.34. The normalized spacial score (nSPS) is 11.4. The number of rotatable bonds is 6. The van der Waals surface area contributed by atoms with Crippen LogP contribution in [0.4, 0.5) is 0 Å². The first-order chi connectivity index (χ1) is 13.1. The minimum absolute atomic E-state index is 0.0975. The Labute approximate surface area is 156 Å². The van der Waals surface area contributed by atoms with Gasteiger partial charge in [-0.25, -0.2) is 9.97 Å². The van der Waals surface area contributed by atoms with Crippen LogP contribution < -0.4 is 4.74 Å². The van der Waals surface area contributed by atoms with Crippen LogP contribution >= 0.6 is 0 Å². The van der Waals surface area contributed by atoms with Gasteiger partial charge in [0.15, 0.2) is 5.82 Å². The number of H-pyrrole nitrogens is 1. The Morgan fingerprint density at radius 3 is 2.93 bits per heavy atom. The molecule has 0 bridgehead atoms. The highest BCUT2D eigenvalue weighted by atomic mass is 16.5. The van der Waals surface area contributed by atoms with Crippen LogP contribution in [-0.2, 0) is 6.54 Å². The largest absolute Gasteiger partial charge is 0.491 e. The van der Waals surface area contributed by atoms with E-state index in [-0.39, 0.29) is 12.7 Å². The quantitative estimate of drug-likeness (QED) is 0.549. The summed E-state index contributed by atoms with van der Waals surface area (Å²) in [6.07, 6.45) is 5.71. The predicted molar refractivity (Wildman–Crippen MR) is 103 cm³/mol. The molecule has 2 N–H and O–H groups in total. The highest BCUT2D eigenvalue weighted by Crippen LogP contribution is 2.29. The summed E-state index contributed by atoms with van der Waals surface area (Å²) >= 11 is 0. The molecule has 27 heavy (non-hydrogen) atoms. The molecule has 4 rings (SSSR count). The maximum atomic E-state index is 9.08. The summed E-state index contributed by atoms with van der Waals surface area (Å²) in [5.41, 5.74) is 3.37. The molecule has 0 aliphatic heterocycles. The maximum absolute atomic E-state index is 9.08. The molecule has 4 aromatic rings. The van der Waals surface area contributed by atoms with Crippen LogP contribution in [0.1, 0.15) is 13.8 Å². The van der Waals surface area contributed by atoms with E-state index in [4.69, 9.17) is 9.84 Å². The van der Waals surface area contributed by atoms with Crippen molar-refractivity contribution in [2.24, 2.45) is 0 Å². The predicted octanol–water partition coefficient (Wildman–Crippen LogP) is 3.27. The zero-order valence-corrected chi connectivity index (χ0v) is 15.3. The SMILES string of the molecule is CC(C)Oc1ccc2[nH]nc(-c3nccc(-c4ccn(CCO)c4)n3)c2c1. The van der Waals surface area contributed by atoms with Gasteiger partial charge in [-0.15, -0.1) is 0 Å². The number of hydrogen-bond acceptors (Lipinski definition) is 5. The third kappa shape index (κ3) is 3.54. The van der Waals surface area contributed by atoms with Crippen LogP contribution in [0.5, 0.6) is 5.75 Å². The number of aromatic nitrogens is 5. The zero-order chi connectivity index (χ0) is 18.8. The Morgan fingerprint density at radius 2 is 2.11 bits per heavy atom. The van der Waals surface area contributed by atoms with Crippen LogP contribution in [0.2, 0.25) is 0 Å². The highest BCUT2D eigenvalue weighted by molar-refractivity contribution is 5.92. The lowest BCUT2D eigenvalue weighted by atomic mass is 10.2. The zero-order valence-electron chi connectivity index (χ0n) is 15.3. The van der Waals surface area contributed by atoms with E-state index >= 15 is 0 Å². The minimum Gasteiger partial charge on any atom is -0.491 e. The van der Waals surface area contributed by atoms with Gasteiger partial charge in [-0.2, -0.15) is 5.10 Å². The van der Waals surface area contributed by atoms with Gasteiger partial charge in [0.2, 0.25) is 0 Å². The first kappa shape index (κ1) is 17.2.